The molecular weight excluding hydrogens is 550 g/mol. The Balaban J connectivity index is 1.47. The van der Waals surface area contributed by atoms with Gasteiger partial charge in [0.2, 0.25) is 11.8 Å². The minimum Gasteiger partial charge on any atom is -0.489 e. The number of benzene rings is 3. The van der Waals surface area contributed by atoms with Crippen LogP contribution in [0, 0.1) is 29.9 Å². The molecule has 0 aliphatic carbocycles. The van der Waals surface area contributed by atoms with E-state index in [1.165, 1.54) is 23.1 Å². The third-order valence-electron chi connectivity index (χ3n) is 7.17. The lowest BCUT2D eigenvalue weighted by molar-refractivity contribution is -0.385. The van der Waals surface area contributed by atoms with E-state index in [0.29, 0.717) is 26.9 Å². The monoisotopic (exact) mass is 573 g/mol. The Labute approximate surface area is 237 Å². The number of ether oxygens (including phenoxy) is 1. The molecule has 1 saturated heterocycles. The Kier molecular flexibility index (Phi) is 6.55. The number of nitrogens with zero attached hydrogens (tertiary/aromatic N) is 2. The number of amides is 2. The van der Waals surface area contributed by atoms with Gasteiger partial charge < -0.3 is 9.72 Å². The molecule has 1 N–H and O–H groups in total. The number of nitro benzene ring substituents is 1. The number of fused-ring (bicyclic) bond motifs is 2. The number of non-ortho nitro benzene ring substituents is 1. The van der Waals surface area contributed by atoms with Gasteiger partial charge in [0.05, 0.1) is 21.6 Å². The van der Waals surface area contributed by atoms with Crippen LogP contribution in [0.1, 0.15) is 33.0 Å². The van der Waals surface area contributed by atoms with E-state index in [4.69, 9.17) is 4.74 Å². The number of imide groups is 1. The molecule has 2 amide bonds. The molecule has 202 valence electrons. The van der Waals surface area contributed by atoms with Gasteiger partial charge in [0.1, 0.15) is 17.6 Å². The number of H-pyrrole nitrogens is 1. The molecular formula is C29H23N3O6S2. The van der Waals surface area contributed by atoms with Crippen molar-refractivity contribution in [1.29, 1.82) is 0 Å². The second-order valence-corrected chi connectivity index (χ2v) is 12.0. The van der Waals surface area contributed by atoms with Gasteiger partial charge in [0.25, 0.3) is 5.69 Å². The van der Waals surface area contributed by atoms with Crippen LogP contribution in [0.5, 0.6) is 5.75 Å². The maximum absolute atomic E-state index is 14.0. The van der Waals surface area contributed by atoms with Gasteiger partial charge in [0.15, 0.2) is 0 Å². The fourth-order valence-corrected chi connectivity index (χ4v) is 7.68. The third kappa shape index (κ3) is 4.50. The van der Waals surface area contributed by atoms with Crippen LogP contribution in [0.15, 0.2) is 76.6 Å². The van der Waals surface area contributed by atoms with Crippen molar-refractivity contribution in [2.75, 3.05) is 4.90 Å². The van der Waals surface area contributed by atoms with Crippen LogP contribution in [-0.2, 0) is 16.2 Å². The summed E-state index contributed by atoms with van der Waals surface area (Å²) in [4.78, 5) is 55.7. The van der Waals surface area contributed by atoms with Crippen LogP contribution in [0.2, 0.25) is 0 Å². The van der Waals surface area contributed by atoms with Crippen molar-refractivity contribution in [3.05, 3.63) is 114 Å². The Bertz CT molecular complexity index is 1710. The van der Waals surface area contributed by atoms with Gasteiger partial charge in [-0.15, -0.1) is 0 Å². The summed E-state index contributed by atoms with van der Waals surface area (Å²) >= 11 is 2.10. The van der Waals surface area contributed by atoms with Gasteiger partial charge in [0, 0.05) is 28.5 Å². The number of hydrogen-bond acceptors (Lipinski definition) is 8. The molecule has 0 spiro atoms. The van der Waals surface area contributed by atoms with Crippen molar-refractivity contribution >= 4 is 46.3 Å². The van der Waals surface area contributed by atoms with Crippen molar-refractivity contribution in [2.24, 2.45) is 5.92 Å². The standard InChI is InChI=1S/C29H23N3O6S2/c1-15-3-7-17(8-4-15)14-38-21-12-11-19(32(36)37)13-20(21)22-23-25(39-26-24(22)40-29(35)30-26)28(34)31(27(23)33)18-9-5-16(2)6-10-18/h3-13,22-23,25H,14H2,1-2H3,(H,30,35). The number of rotatable bonds is 6. The minimum absolute atomic E-state index is 0.177. The molecule has 2 aliphatic heterocycles. The summed E-state index contributed by atoms with van der Waals surface area (Å²) in [6.45, 7) is 4.09. The van der Waals surface area contributed by atoms with Gasteiger partial charge in [-0.05, 0) is 37.6 Å². The number of anilines is 1. The minimum atomic E-state index is -0.888. The first-order valence-corrected chi connectivity index (χ1v) is 14.2. The van der Waals surface area contributed by atoms with E-state index in [-0.39, 0.29) is 23.1 Å². The molecule has 40 heavy (non-hydrogen) atoms. The summed E-state index contributed by atoms with van der Waals surface area (Å²) in [6.07, 6.45) is 0. The Morgan fingerprint density at radius 3 is 2.30 bits per heavy atom. The fraction of sp³-hybridized carbons (Fsp3) is 0.207. The molecule has 1 fully saturated rings. The molecule has 11 heteroatoms. The number of aromatic nitrogens is 1. The highest BCUT2D eigenvalue weighted by atomic mass is 32.2. The van der Waals surface area contributed by atoms with E-state index in [9.17, 15) is 24.5 Å². The number of thioether (sulfide) groups is 1. The number of carbonyl (C=O) groups excluding carboxylic acids is 2. The zero-order chi connectivity index (χ0) is 28.1. The number of aryl methyl sites for hydroxylation is 2. The van der Waals surface area contributed by atoms with Crippen molar-refractivity contribution in [2.45, 2.75) is 36.6 Å². The number of aromatic amines is 1. The molecule has 3 unspecified atom stereocenters. The van der Waals surface area contributed by atoms with Gasteiger partial charge >= 0.3 is 4.87 Å². The molecule has 2 aliphatic rings. The largest absolute Gasteiger partial charge is 0.489 e. The highest BCUT2D eigenvalue weighted by molar-refractivity contribution is 8.00. The first-order chi connectivity index (χ1) is 19.2. The molecule has 4 aromatic rings. The van der Waals surface area contributed by atoms with E-state index in [2.05, 4.69) is 4.98 Å². The van der Waals surface area contributed by atoms with E-state index in [1.54, 1.807) is 12.1 Å². The van der Waals surface area contributed by atoms with E-state index in [1.807, 2.05) is 50.2 Å². The molecule has 3 atom stereocenters. The molecule has 0 saturated carbocycles. The SMILES string of the molecule is Cc1ccc(COc2ccc([N+](=O)[O-])cc2C2c3sc(=O)[nH]c3SC3C(=O)N(c4ccc(C)cc4)C(=O)C32)cc1. The second kappa shape index (κ2) is 10.1. The highest BCUT2D eigenvalue weighted by Gasteiger charge is 2.57. The Morgan fingerprint density at radius 2 is 1.62 bits per heavy atom. The molecule has 1 aromatic heterocycles. The zero-order valence-electron chi connectivity index (χ0n) is 21.5. The molecule has 0 radical (unpaired) electrons. The lowest BCUT2D eigenvalue weighted by atomic mass is 9.82. The maximum atomic E-state index is 14.0. The number of hydrogen-bond donors (Lipinski definition) is 1. The molecule has 9 nitrogen and oxygen atoms in total. The summed E-state index contributed by atoms with van der Waals surface area (Å²) < 4.78 is 6.19. The van der Waals surface area contributed by atoms with Gasteiger partial charge in [-0.25, -0.2) is 4.90 Å². The van der Waals surface area contributed by atoms with Crippen molar-refractivity contribution in [1.82, 2.24) is 4.98 Å². The first kappa shape index (κ1) is 26.0. The van der Waals surface area contributed by atoms with Crippen molar-refractivity contribution in [3.63, 3.8) is 0 Å². The quantitative estimate of drug-likeness (QED) is 0.188. The van der Waals surface area contributed by atoms with Crippen molar-refractivity contribution in [3.8, 4) is 5.75 Å². The average molecular weight is 574 g/mol. The summed E-state index contributed by atoms with van der Waals surface area (Å²) in [7, 11) is 0. The smallest absolute Gasteiger partial charge is 0.305 e. The highest BCUT2D eigenvalue weighted by Crippen LogP contribution is 2.55. The zero-order valence-corrected chi connectivity index (χ0v) is 23.1. The summed E-state index contributed by atoms with van der Waals surface area (Å²) in [5.74, 6) is -2.15. The van der Waals surface area contributed by atoms with E-state index >= 15 is 0 Å². The normalized spacial score (nSPS) is 19.9. The van der Waals surface area contributed by atoms with Crippen LogP contribution in [-0.4, -0.2) is 27.0 Å². The van der Waals surface area contributed by atoms with E-state index in [0.717, 1.165) is 39.8 Å². The predicted octanol–water partition coefficient (Wildman–Crippen LogP) is 5.34. The van der Waals surface area contributed by atoms with Crippen LogP contribution < -0.4 is 14.5 Å². The van der Waals surface area contributed by atoms with Crippen LogP contribution in [0.4, 0.5) is 11.4 Å². The topological polar surface area (TPSA) is 123 Å². The molecule has 0 bridgehead atoms. The number of thiazole rings is 1. The van der Waals surface area contributed by atoms with Crippen LogP contribution in [0.3, 0.4) is 0 Å². The summed E-state index contributed by atoms with van der Waals surface area (Å²) in [6, 6.07) is 19.2. The molecule has 6 rings (SSSR count). The fourth-order valence-electron chi connectivity index (χ4n) is 5.17. The lowest BCUT2D eigenvalue weighted by Crippen LogP contribution is -2.32. The first-order valence-electron chi connectivity index (χ1n) is 12.5. The third-order valence-corrected chi connectivity index (χ3v) is 9.57. The van der Waals surface area contributed by atoms with Crippen LogP contribution >= 0.6 is 23.1 Å². The van der Waals surface area contributed by atoms with Crippen LogP contribution in [0.25, 0.3) is 0 Å². The number of nitrogens with one attached hydrogen (secondary N) is 1. The molecule has 3 aromatic carbocycles. The van der Waals surface area contributed by atoms with Gasteiger partial charge in [-0.3, -0.25) is 24.5 Å². The lowest BCUT2D eigenvalue weighted by Gasteiger charge is -2.30. The maximum Gasteiger partial charge on any atom is 0.305 e. The molecule has 3 heterocycles. The Morgan fingerprint density at radius 1 is 0.950 bits per heavy atom. The summed E-state index contributed by atoms with van der Waals surface area (Å²) in [5.41, 5.74) is 3.66. The Hall–Kier alpha value is -4.22. The summed E-state index contributed by atoms with van der Waals surface area (Å²) in [5, 5.41) is 11.5. The number of carbonyl (C=O) groups is 2. The number of nitro groups is 1. The van der Waals surface area contributed by atoms with Crippen molar-refractivity contribution < 1.29 is 19.2 Å². The van der Waals surface area contributed by atoms with Gasteiger partial charge in [-0.2, -0.15) is 0 Å². The second-order valence-electron chi connectivity index (χ2n) is 9.85. The van der Waals surface area contributed by atoms with Gasteiger partial charge in [-0.1, -0.05) is 70.6 Å². The average Bonchev–Trinajstić information content (AvgIpc) is 3.43. The van der Waals surface area contributed by atoms with E-state index < -0.39 is 27.9 Å². The predicted molar refractivity (Wildman–Crippen MR) is 152 cm³/mol.